The van der Waals surface area contributed by atoms with Crippen molar-refractivity contribution < 1.29 is 23.9 Å². The minimum atomic E-state index is -0.455. The van der Waals surface area contributed by atoms with E-state index in [1.165, 1.54) is 11.1 Å². The van der Waals surface area contributed by atoms with Crippen molar-refractivity contribution in [1.82, 2.24) is 15.1 Å². The van der Waals surface area contributed by atoms with E-state index < -0.39 is 11.2 Å². The van der Waals surface area contributed by atoms with E-state index in [9.17, 15) is 14.4 Å². The highest BCUT2D eigenvalue weighted by Crippen LogP contribution is 2.39. The van der Waals surface area contributed by atoms with Crippen molar-refractivity contribution in [3.8, 4) is 0 Å². The molecular formula is C38H56Cl2N4O5. The number of halogens is 2. The van der Waals surface area contributed by atoms with Crippen LogP contribution in [0.1, 0.15) is 78.4 Å². The minimum Gasteiger partial charge on any atom is -0.444 e. The lowest BCUT2D eigenvalue weighted by molar-refractivity contribution is -0.122. The first-order valence-electron chi connectivity index (χ1n) is 17.3. The van der Waals surface area contributed by atoms with Gasteiger partial charge in [-0.3, -0.25) is 4.79 Å². The van der Waals surface area contributed by atoms with E-state index in [4.69, 9.17) is 38.4 Å². The normalized spacial score (nSPS) is 23.4. The summed E-state index contributed by atoms with van der Waals surface area (Å²) in [6.07, 6.45) is 3.06. The van der Waals surface area contributed by atoms with Gasteiger partial charge in [-0.15, -0.1) is 23.2 Å². The van der Waals surface area contributed by atoms with Crippen molar-refractivity contribution in [2.45, 2.75) is 110 Å². The standard InChI is InChI=1S/C18H26N2O2.C11H17NO3.C7H9N.C2H4Cl2/c1-18(2,3)22-17(21)20-12-14-9-15(20)10-16(14)19-11-13-7-5-4-6-8-13;1-11(2,3)15-10(14)12-6-7-4-8(12)5-9(7)13;8-6-7-4-2-1-3-5-7;3-1-2-4/h4-8,14-16,19H,9-12H2,1-3H3;7-8H,4-6H2,1-3H3;1-5H,6,8H2;1-2H2/t14-,15-,16-;7-,8-;;/m11../s1. The second-order valence-electron chi connectivity index (χ2n) is 14.9. The van der Waals surface area contributed by atoms with Crippen molar-refractivity contribution in [3.63, 3.8) is 0 Å². The maximum absolute atomic E-state index is 12.2. The lowest BCUT2D eigenvalue weighted by Crippen LogP contribution is -2.47. The summed E-state index contributed by atoms with van der Waals surface area (Å²) >= 11 is 10.1. The van der Waals surface area contributed by atoms with E-state index >= 15 is 0 Å². The van der Waals surface area contributed by atoms with E-state index in [0.29, 0.717) is 55.1 Å². The fourth-order valence-corrected chi connectivity index (χ4v) is 6.49. The van der Waals surface area contributed by atoms with Gasteiger partial charge in [0.25, 0.3) is 0 Å². The first-order chi connectivity index (χ1) is 23.1. The number of nitrogens with two attached hydrogens (primary N) is 1. The van der Waals surface area contributed by atoms with Crippen molar-refractivity contribution in [2.24, 2.45) is 17.6 Å². The van der Waals surface area contributed by atoms with Gasteiger partial charge >= 0.3 is 12.2 Å². The molecule has 2 saturated heterocycles. The van der Waals surface area contributed by atoms with Crippen LogP contribution in [0.5, 0.6) is 0 Å². The van der Waals surface area contributed by atoms with Gasteiger partial charge in [0.15, 0.2) is 0 Å². The third-order valence-corrected chi connectivity index (χ3v) is 9.24. The summed E-state index contributed by atoms with van der Waals surface area (Å²) < 4.78 is 10.8. The first kappa shape index (κ1) is 40.6. The molecule has 0 spiro atoms. The predicted molar refractivity (Wildman–Crippen MR) is 197 cm³/mol. The number of ether oxygens (including phenoxy) is 2. The second-order valence-corrected chi connectivity index (χ2v) is 15.7. The van der Waals surface area contributed by atoms with Gasteiger partial charge in [-0.2, -0.15) is 0 Å². The van der Waals surface area contributed by atoms with Gasteiger partial charge in [0, 0.05) is 68.4 Å². The van der Waals surface area contributed by atoms with Gasteiger partial charge in [0.2, 0.25) is 0 Å². The van der Waals surface area contributed by atoms with E-state index in [0.717, 1.165) is 32.4 Å². The predicted octanol–water partition coefficient (Wildman–Crippen LogP) is 7.37. The maximum Gasteiger partial charge on any atom is 0.410 e. The van der Waals surface area contributed by atoms with E-state index in [1.54, 1.807) is 4.90 Å². The summed E-state index contributed by atoms with van der Waals surface area (Å²) in [4.78, 5) is 38.9. The smallest absolute Gasteiger partial charge is 0.410 e. The molecule has 0 aromatic heterocycles. The van der Waals surface area contributed by atoms with Crippen LogP contribution in [0.15, 0.2) is 60.7 Å². The number of alkyl halides is 2. The number of piperidine rings is 2. The van der Waals surface area contributed by atoms with Crippen molar-refractivity contribution in [2.75, 3.05) is 24.8 Å². The van der Waals surface area contributed by atoms with Gasteiger partial charge in [0.1, 0.15) is 17.0 Å². The molecule has 2 amide bonds. The summed E-state index contributed by atoms with van der Waals surface area (Å²) in [5.74, 6) is 2.05. The molecule has 2 aromatic rings. The second kappa shape index (κ2) is 18.9. The molecule has 9 nitrogen and oxygen atoms in total. The molecule has 3 N–H and O–H groups in total. The van der Waals surface area contributed by atoms with Crippen LogP contribution < -0.4 is 11.1 Å². The quantitative estimate of drug-likeness (QED) is 0.311. The Bertz CT molecular complexity index is 1320. The molecule has 2 aliphatic carbocycles. The molecule has 2 aliphatic heterocycles. The molecule has 49 heavy (non-hydrogen) atoms. The molecular weight excluding hydrogens is 663 g/mol. The average Bonchev–Trinajstić information content (AvgIpc) is 3.85. The Labute approximate surface area is 303 Å². The van der Waals surface area contributed by atoms with Gasteiger partial charge in [-0.05, 0) is 77.8 Å². The summed E-state index contributed by atoms with van der Waals surface area (Å²) in [7, 11) is 0. The molecule has 0 unspecified atom stereocenters. The van der Waals surface area contributed by atoms with Crippen LogP contribution in [0.3, 0.4) is 0 Å². The Hall–Kier alpha value is -2.85. The Morgan fingerprint density at radius 2 is 1.29 bits per heavy atom. The topological polar surface area (TPSA) is 114 Å². The zero-order valence-corrected chi connectivity index (χ0v) is 31.5. The lowest BCUT2D eigenvalue weighted by atomic mass is 10.0. The van der Waals surface area contributed by atoms with Crippen molar-refractivity contribution in [3.05, 3.63) is 71.8 Å². The molecule has 4 bridgehead atoms. The molecule has 5 atom stereocenters. The molecule has 272 valence electrons. The van der Waals surface area contributed by atoms with Crippen molar-refractivity contribution >= 4 is 41.2 Å². The minimum absolute atomic E-state index is 0.0718. The Kier molecular flexibility index (Phi) is 15.7. The zero-order chi connectivity index (χ0) is 36.2. The highest BCUT2D eigenvalue weighted by atomic mass is 35.5. The lowest BCUT2D eigenvalue weighted by Gasteiger charge is -2.33. The van der Waals surface area contributed by atoms with Gasteiger partial charge in [-0.1, -0.05) is 60.7 Å². The number of Topliss-reactive ketones (excluding diaryl/α,β-unsaturated/α-hetero) is 1. The molecule has 2 aromatic carbocycles. The van der Waals surface area contributed by atoms with Gasteiger partial charge < -0.3 is 30.3 Å². The molecule has 4 aliphatic rings. The van der Waals surface area contributed by atoms with Crippen LogP contribution >= 0.6 is 23.2 Å². The summed E-state index contributed by atoms with van der Waals surface area (Å²) in [6, 6.07) is 21.4. The summed E-state index contributed by atoms with van der Waals surface area (Å²) in [5, 5.41) is 3.66. The van der Waals surface area contributed by atoms with E-state index in [-0.39, 0.29) is 24.1 Å². The molecule has 0 radical (unpaired) electrons. The number of nitrogens with zero attached hydrogens (tertiary/aromatic N) is 2. The average molecular weight is 720 g/mol. The Morgan fingerprint density at radius 1 is 0.776 bits per heavy atom. The number of likely N-dealkylation sites (tertiary alicyclic amines) is 2. The largest absolute Gasteiger partial charge is 0.444 e. The number of nitrogens with one attached hydrogen (secondary N) is 1. The van der Waals surface area contributed by atoms with Crippen LogP contribution in [0.4, 0.5) is 9.59 Å². The number of hydrogen-bond acceptors (Lipinski definition) is 7. The number of carbonyl (C=O) groups excluding carboxylic acids is 3. The molecule has 2 saturated carbocycles. The summed E-state index contributed by atoms with van der Waals surface area (Å²) in [5.41, 5.74) is 6.98. The number of amides is 2. The Balaban J connectivity index is 0.000000207. The number of benzene rings is 2. The molecule has 6 rings (SSSR count). The SMILES string of the molecule is CC(C)(C)OC(=O)N1C[C@H]2C[C@@H]1CC2=O.CC(C)(C)OC(=O)N1C[C@H]2C[C@@H]1C[C@H]2NCc1ccccc1.ClCCCl.NCc1ccccc1. The highest BCUT2D eigenvalue weighted by molar-refractivity contribution is 6.25. The number of carbonyl (C=O) groups is 3. The van der Waals surface area contributed by atoms with Gasteiger partial charge in [0.05, 0.1) is 0 Å². The first-order valence-corrected chi connectivity index (χ1v) is 18.4. The highest BCUT2D eigenvalue weighted by Gasteiger charge is 2.48. The Morgan fingerprint density at radius 3 is 1.65 bits per heavy atom. The fraction of sp³-hybridized carbons (Fsp3) is 0.605. The van der Waals surface area contributed by atoms with Crippen molar-refractivity contribution in [1.29, 1.82) is 0 Å². The van der Waals surface area contributed by atoms with Gasteiger partial charge in [-0.25, -0.2) is 9.59 Å². The third kappa shape index (κ3) is 13.4. The van der Waals surface area contributed by atoms with E-state index in [1.807, 2.05) is 82.8 Å². The van der Waals surface area contributed by atoms with Crippen LogP contribution in [0.25, 0.3) is 0 Å². The van der Waals surface area contributed by atoms with Crippen LogP contribution in [-0.2, 0) is 27.4 Å². The number of ketones is 1. The number of rotatable bonds is 5. The maximum atomic E-state index is 12.2. The number of hydrogen-bond donors (Lipinski definition) is 2. The monoisotopic (exact) mass is 718 g/mol. The molecule has 11 heteroatoms. The zero-order valence-electron chi connectivity index (χ0n) is 30.0. The van der Waals surface area contributed by atoms with Crippen LogP contribution in [-0.4, -0.2) is 81.9 Å². The van der Waals surface area contributed by atoms with Crippen LogP contribution in [0.2, 0.25) is 0 Å². The summed E-state index contributed by atoms with van der Waals surface area (Å²) in [6.45, 7) is 14.2. The number of fused-ring (bicyclic) bond motifs is 4. The molecule has 4 fully saturated rings. The molecule has 2 heterocycles. The fourth-order valence-electron chi connectivity index (χ4n) is 6.49. The third-order valence-electron chi connectivity index (χ3n) is 8.67. The van der Waals surface area contributed by atoms with E-state index in [2.05, 4.69) is 29.6 Å². The van der Waals surface area contributed by atoms with Crippen LogP contribution in [0, 0.1) is 11.8 Å².